The Labute approximate surface area is 77.7 Å². The first-order valence-electron chi connectivity index (χ1n) is 4.14. The van der Waals surface area contributed by atoms with Gasteiger partial charge in [-0.25, -0.2) is 4.39 Å². The first kappa shape index (κ1) is 12.1. The predicted octanol–water partition coefficient (Wildman–Crippen LogP) is 1.50. The first-order valence-corrected chi connectivity index (χ1v) is 4.14. The zero-order valence-electron chi connectivity index (χ0n) is 7.70. The minimum absolute atomic E-state index is 0.0938. The van der Waals surface area contributed by atoms with Crippen molar-refractivity contribution in [2.24, 2.45) is 0 Å². The van der Waals surface area contributed by atoms with Gasteiger partial charge in [0.2, 0.25) is 0 Å². The van der Waals surface area contributed by atoms with Crippen LogP contribution in [0.15, 0.2) is 24.3 Å². The molecule has 0 aliphatic heterocycles. The van der Waals surface area contributed by atoms with E-state index in [1.807, 2.05) is 13.0 Å². The third kappa shape index (κ3) is 7.43. The molecule has 0 saturated heterocycles. The Bertz CT molecular complexity index is 207. The largest absolute Gasteiger partial charge is 0.396 e. The van der Waals surface area contributed by atoms with E-state index in [-0.39, 0.29) is 19.0 Å². The number of aliphatic hydroxyl groups excluding tert-OH is 2. The van der Waals surface area contributed by atoms with Crippen LogP contribution in [0.4, 0.5) is 4.39 Å². The van der Waals surface area contributed by atoms with E-state index < -0.39 is 0 Å². The molecular weight excluding hydrogens is 171 g/mol. The standard InChI is InChI=1S/C7H7F.C3H8O2/c1-6-3-2-4-7(8)5-6;4-2-1-3-5/h2-5H,1H3;4-5H,1-3H2. The van der Waals surface area contributed by atoms with Crippen LogP contribution in [0.25, 0.3) is 0 Å². The summed E-state index contributed by atoms with van der Waals surface area (Å²) in [4.78, 5) is 0. The van der Waals surface area contributed by atoms with Crippen molar-refractivity contribution in [3.8, 4) is 0 Å². The van der Waals surface area contributed by atoms with E-state index >= 15 is 0 Å². The molecule has 2 N–H and O–H groups in total. The van der Waals surface area contributed by atoms with E-state index in [0.717, 1.165) is 5.56 Å². The van der Waals surface area contributed by atoms with Gasteiger partial charge >= 0.3 is 0 Å². The van der Waals surface area contributed by atoms with Gasteiger partial charge in [-0.05, 0) is 31.0 Å². The maximum atomic E-state index is 12.2. The van der Waals surface area contributed by atoms with Crippen molar-refractivity contribution in [3.05, 3.63) is 35.6 Å². The van der Waals surface area contributed by atoms with Crippen LogP contribution in [0, 0.1) is 12.7 Å². The van der Waals surface area contributed by atoms with Gasteiger partial charge in [0.05, 0.1) is 0 Å². The lowest BCUT2D eigenvalue weighted by atomic mass is 10.2. The van der Waals surface area contributed by atoms with Gasteiger partial charge < -0.3 is 10.2 Å². The lowest BCUT2D eigenvalue weighted by Gasteiger charge is -1.87. The van der Waals surface area contributed by atoms with E-state index in [4.69, 9.17) is 10.2 Å². The maximum absolute atomic E-state index is 12.2. The molecule has 0 bridgehead atoms. The molecule has 0 amide bonds. The van der Waals surface area contributed by atoms with Crippen molar-refractivity contribution in [2.45, 2.75) is 13.3 Å². The van der Waals surface area contributed by atoms with Crippen molar-refractivity contribution >= 4 is 0 Å². The van der Waals surface area contributed by atoms with Gasteiger partial charge in [-0.1, -0.05) is 12.1 Å². The summed E-state index contributed by atoms with van der Waals surface area (Å²) in [6.07, 6.45) is 0.500. The lowest BCUT2D eigenvalue weighted by Crippen LogP contribution is -1.85. The van der Waals surface area contributed by atoms with Crippen molar-refractivity contribution in [1.29, 1.82) is 0 Å². The minimum atomic E-state index is -0.162. The molecule has 2 nitrogen and oxygen atoms in total. The van der Waals surface area contributed by atoms with Gasteiger partial charge in [0.1, 0.15) is 5.82 Å². The molecule has 0 saturated carbocycles. The van der Waals surface area contributed by atoms with Crippen LogP contribution in [0.5, 0.6) is 0 Å². The molecule has 0 aliphatic carbocycles. The number of hydrogen-bond acceptors (Lipinski definition) is 2. The fourth-order valence-electron chi connectivity index (χ4n) is 0.676. The van der Waals surface area contributed by atoms with Gasteiger partial charge in [-0.15, -0.1) is 0 Å². The zero-order chi connectivity index (χ0) is 10.1. The molecule has 0 radical (unpaired) electrons. The fraction of sp³-hybridized carbons (Fsp3) is 0.400. The van der Waals surface area contributed by atoms with Gasteiger partial charge in [0.25, 0.3) is 0 Å². The Kier molecular flexibility index (Phi) is 7.15. The second-order valence-corrected chi connectivity index (χ2v) is 2.60. The summed E-state index contributed by atoms with van der Waals surface area (Å²) < 4.78 is 12.2. The first-order chi connectivity index (χ1) is 6.20. The van der Waals surface area contributed by atoms with Gasteiger partial charge in [-0.2, -0.15) is 0 Å². The summed E-state index contributed by atoms with van der Waals surface area (Å²) in [5.74, 6) is -0.162. The van der Waals surface area contributed by atoms with E-state index in [1.165, 1.54) is 12.1 Å². The number of halogens is 1. The summed E-state index contributed by atoms with van der Waals surface area (Å²) in [7, 11) is 0. The predicted molar refractivity (Wildman–Crippen MR) is 49.9 cm³/mol. The van der Waals surface area contributed by atoms with Crippen LogP contribution in [0.3, 0.4) is 0 Å². The highest BCUT2D eigenvalue weighted by molar-refractivity contribution is 5.13. The van der Waals surface area contributed by atoms with Crippen molar-refractivity contribution < 1.29 is 14.6 Å². The monoisotopic (exact) mass is 186 g/mol. The van der Waals surface area contributed by atoms with Gasteiger partial charge in [-0.3, -0.25) is 0 Å². The van der Waals surface area contributed by atoms with Crippen LogP contribution in [-0.2, 0) is 0 Å². The molecule has 0 spiro atoms. The summed E-state index contributed by atoms with van der Waals surface area (Å²) in [6, 6.07) is 6.50. The van der Waals surface area contributed by atoms with Crippen molar-refractivity contribution in [2.75, 3.05) is 13.2 Å². The molecule has 1 aromatic rings. The van der Waals surface area contributed by atoms with Crippen LogP contribution in [-0.4, -0.2) is 23.4 Å². The Morgan fingerprint density at radius 2 is 1.85 bits per heavy atom. The molecule has 0 unspecified atom stereocenters. The molecule has 13 heavy (non-hydrogen) atoms. The normalized spacial score (nSPS) is 8.92. The van der Waals surface area contributed by atoms with Crippen LogP contribution < -0.4 is 0 Å². The third-order valence-electron chi connectivity index (χ3n) is 1.30. The van der Waals surface area contributed by atoms with E-state index in [1.54, 1.807) is 6.07 Å². The number of aliphatic hydroxyl groups is 2. The smallest absolute Gasteiger partial charge is 0.123 e. The van der Waals surface area contributed by atoms with Crippen molar-refractivity contribution in [3.63, 3.8) is 0 Å². The Morgan fingerprint density at radius 1 is 1.23 bits per heavy atom. The molecule has 1 rings (SSSR count). The molecule has 74 valence electrons. The molecule has 0 fully saturated rings. The summed E-state index contributed by atoms with van der Waals surface area (Å²) in [6.45, 7) is 2.05. The molecule has 0 atom stereocenters. The topological polar surface area (TPSA) is 40.5 Å². The third-order valence-corrected chi connectivity index (χ3v) is 1.30. The molecule has 0 aromatic heterocycles. The SMILES string of the molecule is Cc1cccc(F)c1.OCCCO. The molecule has 3 heteroatoms. The second kappa shape index (κ2) is 7.71. The highest BCUT2D eigenvalue weighted by Crippen LogP contribution is 1.99. The number of rotatable bonds is 2. The highest BCUT2D eigenvalue weighted by atomic mass is 19.1. The number of benzene rings is 1. The van der Waals surface area contributed by atoms with Crippen LogP contribution in [0.1, 0.15) is 12.0 Å². The zero-order valence-corrected chi connectivity index (χ0v) is 7.70. The van der Waals surface area contributed by atoms with Crippen LogP contribution >= 0.6 is 0 Å². The van der Waals surface area contributed by atoms with Crippen molar-refractivity contribution in [1.82, 2.24) is 0 Å². The molecule has 0 heterocycles. The maximum Gasteiger partial charge on any atom is 0.123 e. The summed E-state index contributed by atoms with van der Waals surface area (Å²) >= 11 is 0. The lowest BCUT2D eigenvalue weighted by molar-refractivity contribution is 0.221. The quantitative estimate of drug-likeness (QED) is 0.734. The van der Waals surface area contributed by atoms with E-state index in [2.05, 4.69) is 0 Å². The average Bonchev–Trinajstić information content (AvgIpc) is 2.06. The number of hydrogen-bond donors (Lipinski definition) is 2. The van der Waals surface area contributed by atoms with Gasteiger partial charge in [0.15, 0.2) is 0 Å². The summed E-state index contributed by atoms with van der Waals surface area (Å²) in [5.41, 5.74) is 0.963. The highest BCUT2D eigenvalue weighted by Gasteiger charge is 1.84. The van der Waals surface area contributed by atoms with Crippen LogP contribution in [0.2, 0.25) is 0 Å². The van der Waals surface area contributed by atoms with Gasteiger partial charge in [0, 0.05) is 13.2 Å². The Morgan fingerprint density at radius 3 is 2.08 bits per heavy atom. The molecule has 0 aliphatic rings. The number of aryl methyl sites for hydroxylation is 1. The summed E-state index contributed by atoms with van der Waals surface area (Å²) in [5, 5.41) is 15.8. The Balaban J connectivity index is 0.000000252. The second-order valence-electron chi connectivity index (χ2n) is 2.60. The fourth-order valence-corrected chi connectivity index (χ4v) is 0.676. The molecule has 1 aromatic carbocycles. The molecular formula is C10H15FO2. The van der Waals surface area contributed by atoms with E-state index in [9.17, 15) is 4.39 Å². The minimum Gasteiger partial charge on any atom is -0.396 e. The average molecular weight is 186 g/mol. The Hall–Kier alpha value is -0.930. The van der Waals surface area contributed by atoms with E-state index in [0.29, 0.717) is 6.42 Å².